The van der Waals surface area contributed by atoms with E-state index in [1.165, 1.54) is 0 Å². The molecule has 3 aromatic rings. The van der Waals surface area contributed by atoms with E-state index in [9.17, 15) is 14.4 Å². The fraction of sp³-hybridized carbons (Fsp3) is 0.318. The maximum atomic E-state index is 13.2. The highest BCUT2D eigenvalue weighted by Crippen LogP contribution is 2.34. The van der Waals surface area contributed by atoms with Crippen LogP contribution in [0, 0.1) is 0 Å². The molecule has 0 fully saturated rings. The van der Waals surface area contributed by atoms with Crippen molar-refractivity contribution in [2.75, 3.05) is 19.8 Å². The molecule has 1 aliphatic heterocycles. The number of hydrogen-bond donors (Lipinski definition) is 1. The van der Waals surface area contributed by atoms with Gasteiger partial charge in [0.25, 0.3) is 11.5 Å². The molecule has 156 valence electrons. The summed E-state index contributed by atoms with van der Waals surface area (Å²) in [6.07, 6.45) is 0. The standard InChI is InChI=1S/C22H23N3O5/c1-3-24(13-15-6-5-7-18-19(15)30-11-10-29-18)20(26)14-8-9-16-17(12-14)23-22(28)25(4-2)21(16)27/h5-9,12H,3-4,10-11,13H2,1-2H3,(H,23,28). The van der Waals surface area contributed by atoms with E-state index < -0.39 is 5.69 Å². The largest absolute Gasteiger partial charge is 0.486 e. The first-order valence-corrected chi connectivity index (χ1v) is 9.97. The summed E-state index contributed by atoms with van der Waals surface area (Å²) < 4.78 is 12.5. The lowest BCUT2D eigenvalue weighted by Gasteiger charge is -2.25. The van der Waals surface area contributed by atoms with E-state index in [1.807, 2.05) is 25.1 Å². The zero-order chi connectivity index (χ0) is 21.3. The fourth-order valence-electron chi connectivity index (χ4n) is 3.65. The van der Waals surface area contributed by atoms with E-state index in [4.69, 9.17) is 9.47 Å². The lowest BCUT2D eigenvalue weighted by molar-refractivity contribution is 0.0749. The lowest BCUT2D eigenvalue weighted by atomic mass is 10.1. The number of fused-ring (bicyclic) bond motifs is 2. The van der Waals surface area contributed by atoms with Crippen LogP contribution in [0.3, 0.4) is 0 Å². The van der Waals surface area contributed by atoms with Crippen LogP contribution in [0.1, 0.15) is 29.8 Å². The first kappa shape index (κ1) is 19.8. The highest BCUT2D eigenvalue weighted by atomic mass is 16.6. The predicted molar refractivity (Wildman–Crippen MR) is 112 cm³/mol. The van der Waals surface area contributed by atoms with Crippen molar-refractivity contribution in [3.05, 3.63) is 68.4 Å². The van der Waals surface area contributed by atoms with Crippen molar-refractivity contribution in [3.63, 3.8) is 0 Å². The maximum absolute atomic E-state index is 13.2. The normalized spacial score (nSPS) is 12.7. The third kappa shape index (κ3) is 3.45. The van der Waals surface area contributed by atoms with Crippen LogP contribution >= 0.6 is 0 Å². The molecule has 8 nitrogen and oxygen atoms in total. The Kier molecular flexibility index (Phi) is 5.31. The number of aromatic nitrogens is 2. The highest BCUT2D eigenvalue weighted by molar-refractivity contribution is 5.97. The van der Waals surface area contributed by atoms with Gasteiger partial charge >= 0.3 is 5.69 Å². The first-order valence-electron chi connectivity index (χ1n) is 9.97. The molecule has 0 radical (unpaired) electrons. The first-order chi connectivity index (χ1) is 14.5. The zero-order valence-electron chi connectivity index (χ0n) is 16.9. The quantitative estimate of drug-likeness (QED) is 0.697. The molecule has 1 N–H and O–H groups in total. The van der Waals surface area contributed by atoms with Gasteiger partial charge in [-0.15, -0.1) is 0 Å². The molecule has 0 bridgehead atoms. The number of hydrogen-bond acceptors (Lipinski definition) is 5. The van der Waals surface area contributed by atoms with Crippen LogP contribution in [0.15, 0.2) is 46.0 Å². The molecule has 0 unspecified atom stereocenters. The summed E-state index contributed by atoms with van der Waals surface area (Å²) in [6, 6.07) is 10.4. The summed E-state index contributed by atoms with van der Waals surface area (Å²) >= 11 is 0. The van der Waals surface area contributed by atoms with Gasteiger partial charge < -0.3 is 19.4 Å². The third-order valence-corrected chi connectivity index (χ3v) is 5.22. The third-order valence-electron chi connectivity index (χ3n) is 5.22. The number of aromatic amines is 1. The van der Waals surface area contributed by atoms with Gasteiger partial charge in [-0.05, 0) is 38.1 Å². The smallest absolute Gasteiger partial charge is 0.328 e. The molecule has 30 heavy (non-hydrogen) atoms. The Morgan fingerprint density at radius 2 is 1.93 bits per heavy atom. The minimum absolute atomic E-state index is 0.200. The van der Waals surface area contributed by atoms with E-state index in [2.05, 4.69) is 4.98 Å². The van der Waals surface area contributed by atoms with Gasteiger partial charge in [0, 0.05) is 30.8 Å². The molecule has 2 aromatic carbocycles. The Hall–Kier alpha value is -3.55. The molecule has 1 aromatic heterocycles. The molecular formula is C22H23N3O5. The van der Waals surface area contributed by atoms with Gasteiger partial charge in [-0.25, -0.2) is 4.79 Å². The molecule has 1 aliphatic rings. The number of rotatable bonds is 5. The van der Waals surface area contributed by atoms with Crippen LogP contribution in [-0.2, 0) is 13.1 Å². The number of ether oxygens (including phenoxy) is 2. The van der Waals surface area contributed by atoms with E-state index in [1.54, 1.807) is 30.0 Å². The summed E-state index contributed by atoms with van der Waals surface area (Å²) in [5.74, 6) is 1.14. The molecule has 0 spiro atoms. The molecule has 2 heterocycles. The van der Waals surface area contributed by atoms with E-state index in [0.29, 0.717) is 54.3 Å². The Bertz CT molecular complexity index is 1230. The maximum Gasteiger partial charge on any atom is 0.328 e. The fourth-order valence-corrected chi connectivity index (χ4v) is 3.65. The molecule has 1 amide bonds. The number of benzene rings is 2. The lowest BCUT2D eigenvalue weighted by Crippen LogP contribution is -2.34. The summed E-state index contributed by atoms with van der Waals surface area (Å²) in [5.41, 5.74) is 0.763. The SMILES string of the molecule is CCN(Cc1cccc2c1OCCO2)C(=O)c1ccc2c(=O)n(CC)c(=O)[nH]c2c1. The highest BCUT2D eigenvalue weighted by Gasteiger charge is 2.21. The van der Waals surface area contributed by atoms with Crippen LogP contribution in [-0.4, -0.2) is 40.1 Å². The minimum atomic E-state index is -0.486. The molecule has 4 rings (SSSR count). The molecule has 0 atom stereocenters. The van der Waals surface area contributed by atoms with Crippen molar-refractivity contribution < 1.29 is 14.3 Å². The van der Waals surface area contributed by atoms with E-state index in [-0.39, 0.29) is 18.0 Å². The van der Waals surface area contributed by atoms with Crippen LogP contribution in [0.5, 0.6) is 11.5 Å². The van der Waals surface area contributed by atoms with E-state index in [0.717, 1.165) is 10.1 Å². The number of nitrogens with one attached hydrogen (secondary N) is 1. The average molecular weight is 409 g/mol. The van der Waals surface area contributed by atoms with Crippen molar-refractivity contribution in [2.24, 2.45) is 0 Å². The van der Waals surface area contributed by atoms with Crippen molar-refractivity contribution in [1.82, 2.24) is 14.5 Å². The molecule has 0 saturated heterocycles. The Morgan fingerprint density at radius 3 is 2.70 bits per heavy atom. The Morgan fingerprint density at radius 1 is 1.13 bits per heavy atom. The number of para-hydroxylation sites is 1. The molecular weight excluding hydrogens is 386 g/mol. The topological polar surface area (TPSA) is 93.6 Å². The molecule has 0 aliphatic carbocycles. The Balaban J connectivity index is 1.67. The summed E-state index contributed by atoms with van der Waals surface area (Å²) in [7, 11) is 0. The Labute approximate surface area is 172 Å². The van der Waals surface area contributed by atoms with Crippen LogP contribution < -0.4 is 20.7 Å². The van der Waals surface area contributed by atoms with Gasteiger partial charge in [0.1, 0.15) is 13.2 Å². The van der Waals surface area contributed by atoms with Gasteiger partial charge in [0.2, 0.25) is 0 Å². The molecule has 0 saturated carbocycles. The van der Waals surface area contributed by atoms with Crippen molar-refractivity contribution in [2.45, 2.75) is 26.9 Å². The van der Waals surface area contributed by atoms with Crippen molar-refractivity contribution >= 4 is 16.8 Å². The van der Waals surface area contributed by atoms with Gasteiger partial charge in [0.05, 0.1) is 10.9 Å². The second kappa shape index (κ2) is 8.06. The molecule has 8 heteroatoms. The summed E-state index contributed by atoms with van der Waals surface area (Å²) in [4.78, 5) is 42.1. The van der Waals surface area contributed by atoms with Crippen LogP contribution in [0.2, 0.25) is 0 Å². The van der Waals surface area contributed by atoms with Gasteiger partial charge in [-0.1, -0.05) is 12.1 Å². The number of carbonyl (C=O) groups is 1. The van der Waals surface area contributed by atoms with Crippen molar-refractivity contribution in [1.29, 1.82) is 0 Å². The summed E-state index contributed by atoms with van der Waals surface area (Å²) in [5, 5.41) is 0.374. The predicted octanol–water partition coefficient (Wildman–Crippen LogP) is 2.14. The minimum Gasteiger partial charge on any atom is -0.486 e. The second-order valence-corrected chi connectivity index (χ2v) is 7.00. The number of nitrogens with zero attached hydrogens (tertiary/aromatic N) is 2. The second-order valence-electron chi connectivity index (χ2n) is 7.00. The van der Waals surface area contributed by atoms with E-state index >= 15 is 0 Å². The average Bonchev–Trinajstić information content (AvgIpc) is 2.77. The van der Waals surface area contributed by atoms with Crippen LogP contribution in [0.4, 0.5) is 0 Å². The number of carbonyl (C=O) groups excluding carboxylic acids is 1. The number of H-pyrrole nitrogens is 1. The summed E-state index contributed by atoms with van der Waals surface area (Å²) in [6.45, 7) is 5.72. The van der Waals surface area contributed by atoms with Crippen LogP contribution in [0.25, 0.3) is 10.9 Å². The van der Waals surface area contributed by atoms with Gasteiger partial charge in [-0.2, -0.15) is 0 Å². The van der Waals surface area contributed by atoms with Gasteiger partial charge in [0.15, 0.2) is 11.5 Å². The number of amides is 1. The monoisotopic (exact) mass is 409 g/mol. The van der Waals surface area contributed by atoms with Gasteiger partial charge in [-0.3, -0.25) is 14.2 Å². The van der Waals surface area contributed by atoms with Crippen molar-refractivity contribution in [3.8, 4) is 11.5 Å². The zero-order valence-corrected chi connectivity index (χ0v) is 16.9.